The Labute approximate surface area is 275 Å². The van der Waals surface area contributed by atoms with Crippen LogP contribution in [0.15, 0.2) is 34.1 Å². The van der Waals surface area contributed by atoms with E-state index in [-0.39, 0.29) is 30.0 Å². The topological polar surface area (TPSA) is 99.4 Å². The summed E-state index contributed by atoms with van der Waals surface area (Å²) >= 11 is 0. The molecule has 2 aromatic rings. The lowest BCUT2D eigenvalue weighted by atomic mass is 9.84. The van der Waals surface area contributed by atoms with Crippen molar-refractivity contribution in [1.82, 2.24) is 14.8 Å². The van der Waals surface area contributed by atoms with E-state index in [1.807, 2.05) is 11.8 Å². The summed E-state index contributed by atoms with van der Waals surface area (Å²) in [6, 6.07) is 6.83. The third-order valence-corrected chi connectivity index (χ3v) is 10.7. The summed E-state index contributed by atoms with van der Waals surface area (Å²) < 4.78 is 63.9. The number of nitriles is 1. The Hall–Kier alpha value is -3.23. The van der Waals surface area contributed by atoms with E-state index in [1.54, 1.807) is 17.6 Å². The van der Waals surface area contributed by atoms with Crippen molar-refractivity contribution in [3.8, 4) is 6.07 Å². The van der Waals surface area contributed by atoms with E-state index in [1.165, 1.54) is 18.2 Å². The second-order valence-electron chi connectivity index (χ2n) is 13.6. The van der Waals surface area contributed by atoms with Gasteiger partial charge in [0.1, 0.15) is 18.3 Å². The van der Waals surface area contributed by atoms with Gasteiger partial charge < -0.3 is 11.1 Å². The molecule has 4 heterocycles. The maximum atomic E-state index is 16.1. The highest BCUT2D eigenvalue weighted by Crippen LogP contribution is 2.48. The molecule has 1 aromatic heterocycles. The average molecular weight is 657 g/mol. The van der Waals surface area contributed by atoms with Gasteiger partial charge in [-0.2, -0.15) is 5.26 Å². The van der Waals surface area contributed by atoms with Gasteiger partial charge in [0, 0.05) is 47.3 Å². The number of fused-ring (bicyclic) bond motifs is 11. The molecule has 256 valence electrons. The van der Waals surface area contributed by atoms with E-state index >= 15 is 13.2 Å². The molecule has 0 amide bonds. The third-order valence-electron chi connectivity index (χ3n) is 10.7. The number of nitrogens with zero attached hydrogens (tertiary/aromatic N) is 4. The van der Waals surface area contributed by atoms with Crippen LogP contribution in [0.5, 0.6) is 0 Å². The summed E-state index contributed by atoms with van der Waals surface area (Å²) in [5.74, 6) is -4.99. The van der Waals surface area contributed by atoms with Crippen LogP contribution in [0.25, 0.3) is 0 Å². The Balaban J connectivity index is 1.57. The first-order chi connectivity index (χ1) is 22.6. The maximum Gasteiger partial charge on any atom is 0.278 e. The molecule has 2 fully saturated rings. The zero-order chi connectivity index (χ0) is 33.8. The van der Waals surface area contributed by atoms with Crippen molar-refractivity contribution < 1.29 is 17.6 Å². The van der Waals surface area contributed by atoms with Crippen LogP contribution in [0.2, 0.25) is 0 Å². The van der Waals surface area contributed by atoms with Crippen molar-refractivity contribution in [2.75, 3.05) is 19.8 Å². The molecule has 6 rings (SSSR count). The zero-order valence-electron chi connectivity index (χ0n) is 27.6. The first-order valence-electron chi connectivity index (χ1n) is 17.3. The van der Waals surface area contributed by atoms with Crippen LogP contribution in [0.1, 0.15) is 119 Å². The molecule has 2 unspecified atom stereocenters. The van der Waals surface area contributed by atoms with E-state index in [9.17, 15) is 14.4 Å². The molecule has 11 heteroatoms. The number of halogens is 4. The predicted molar refractivity (Wildman–Crippen MR) is 176 cm³/mol. The predicted octanol–water partition coefficient (Wildman–Crippen LogP) is 7.46. The largest absolute Gasteiger partial charge is 0.390 e. The molecule has 47 heavy (non-hydrogen) atoms. The molecule has 1 saturated heterocycles. The Morgan fingerprint density at radius 2 is 1.77 bits per heavy atom. The lowest BCUT2D eigenvalue weighted by molar-refractivity contribution is -0.0918. The number of hydrogen-bond acceptors (Lipinski definition) is 5. The molecular formula is C36H48F4N6O. The van der Waals surface area contributed by atoms with Crippen LogP contribution in [0.3, 0.4) is 0 Å². The lowest BCUT2D eigenvalue weighted by Gasteiger charge is -2.39. The smallest absolute Gasteiger partial charge is 0.278 e. The number of aromatic nitrogens is 1. The highest BCUT2D eigenvalue weighted by atomic mass is 19.3. The normalized spacial score (nSPS) is 28.2. The Morgan fingerprint density at radius 1 is 1.06 bits per heavy atom. The second kappa shape index (κ2) is 14.9. The van der Waals surface area contributed by atoms with Crippen LogP contribution in [0, 0.1) is 23.1 Å². The van der Waals surface area contributed by atoms with Gasteiger partial charge in [-0.1, -0.05) is 50.8 Å². The number of piperidine rings is 1. The molecule has 1 aromatic carbocycles. The number of nitrogens with two attached hydrogens (primary N) is 1. The minimum absolute atomic E-state index is 0.116. The van der Waals surface area contributed by atoms with Gasteiger partial charge in [0.05, 0.1) is 23.4 Å². The van der Waals surface area contributed by atoms with Gasteiger partial charge >= 0.3 is 0 Å². The number of alkyl halides is 3. The van der Waals surface area contributed by atoms with Gasteiger partial charge in [-0.05, 0) is 71.0 Å². The summed E-state index contributed by atoms with van der Waals surface area (Å²) in [5, 5.41) is 13.5. The van der Waals surface area contributed by atoms with Crippen molar-refractivity contribution in [2.45, 2.75) is 120 Å². The van der Waals surface area contributed by atoms with Crippen LogP contribution < -0.4 is 16.6 Å². The molecule has 7 nitrogen and oxygen atoms in total. The van der Waals surface area contributed by atoms with Crippen molar-refractivity contribution >= 4 is 12.2 Å². The van der Waals surface area contributed by atoms with Crippen LogP contribution in [-0.4, -0.2) is 41.6 Å². The fraction of sp³-hybridized carbons (Fsp3) is 0.639. The summed E-state index contributed by atoms with van der Waals surface area (Å²) in [5.41, 5.74) is 5.25. The molecule has 1 saturated carbocycles. The van der Waals surface area contributed by atoms with Gasteiger partial charge in [0.15, 0.2) is 0 Å². The van der Waals surface area contributed by atoms with Crippen molar-refractivity contribution in [2.24, 2.45) is 16.6 Å². The Morgan fingerprint density at radius 3 is 2.40 bits per heavy atom. The van der Waals surface area contributed by atoms with Crippen molar-refractivity contribution in [3.63, 3.8) is 0 Å². The molecule has 4 aliphatic rings. The summed E-state index contributed by atoms with van der Waals surface area (Å²) in [4.78, 5) is 20.3. The Bertz CT molecular complexity index is 1520. The lowest BCUT2D eigenvalue weighted by Crippen LogP contribution is -2.45. The molecule has 3 atom stereocenters. The quantitative estimate of drug-likeness (QED) is 0.202. The maximum absolute atomic E-state index is 16.1. The van der Waals surface area contributed by atoms with Crippen LogP contribution in [-0.2, 0) is 17.9 Å². The van der Waals surface area contributed by atoms with Crippen LogP contribution >= 0.6 is 0 Å². The van der Waals surface area contributed by atoms with Gasteiger partial charge in [-0.15, -0.1) is 0 Å². The minimum atomic E-state index is -3.39. The number of benzene rings is 1. The highest BCUT2D eigenvalue weighted by molar-refractivity contribution is 5.60. The molecule has 0 spiro atoms. The highest BCUT2D eigenvalue weighted by Gasteiger charge is 2.48. The van der Waals surface area contributed by atoms with Crippen molar-refractivity contribution in [3.05, 3.63) is 62.7 Å². The Kier molecular flexibility index (Phi) is 11.1. The SMILES string of the molecule is CCC1N[C@H](C)c2cccc(c2F)C(F)(F)C2CCN(CC2)C(CF)CCCCCCCn2c(/N=C\N)c1cc(C1(C#N)CC1)c2=O. The van der Waals surface area contributed by atoms with Gasteiger partial charge in [0.25, 0.3) is 11.5 Å². The van der Waals surface area contributed by atoms with Crippen LogP contribution in [0.4, 0.5) is 23.4 Å². The van der Waals surface area contributed by atoms with Gasteiger partial charge in [-0.3, -0.25) is 14.3 Å². The summed E-state index contributed by atoms with van der Waals surface area (Å²) in [6.45, 7) is 4.25. The molecular weight excluding hydrogens is 608 g/mol. The number of nitrogens with one attached hydrogen (secondary N) is 1. The first kappa shape index (κ1) is 35.1. The van der Waals surface area contributed by atoms with E-state index in [0.29, 0.717) is 68.7 Å². The van der Waals surface area contributed by atoms with Gasteiger partial charge in [0.2, 0.25) is 0 Å². The molecule has 6 bridgehead atoms. The zero-order valence-corrected chi connectivity index (χ0v) is 27.6. The van der Waals surface area contributed by atoms with Gasteiger partial charge in [-0.25, -0.2) is 22.6 Å². The second-order valence-corrected chi connectivity index (χ2v) is 13.6. The van der Waals surface area contributed by atoms with E-state index in [2.05, 4.69) is 16.4 Å². The first-order valence-corrected chi connectivity index (χ1v) is 17.3. The van der Waals surface area contributed by atoms with E-state index < -0.39 is 47.4 Å². The fourth-order valence-corrected chi connectivity index (χ4v) is 7.61. The standard InChI is InChI=1S/C36H48F4N6O/c1-3-31-28-20-30(35(22-41)15-16-35)34(47)46(33(28)43-23-42)17-8-6-4-5-7-10-26(21-37)45-18-13-25(14-19-45)36(39,40)29-12-9-11-27(32(29)38)24(2)44-31/h9,11-12,20,23-26,31,44H,3-8,10,13-19,21H2,1-2H3,(H2,42,43)/t24-,26?,31?/m1/s1. The molecule has 3 aliphatic heterocycles. The van der Waals surface area contributed by atoms with E-state index in [0.717, 1.165) is 32.0 Å². The molecule has 0 radical (unpaired) electrons. The number of hydrogen-bond donors (Lipinski definition) is 2. The number of rotatable bonds is 4. The summed E-state index contributed by atoms with van der Waals surface area (Å²) in [6.07, 6.45) is 8.01. The third kappa shape index (κ3) is 7.14. The fourth-order valence-electron chi connectivity index (χ4n) is 7.61. The monoisotopic (exact) mass is 656 g/mol. The molecule has 1 aliphatic carbocycles. The average Bonchev–Trinajstić information content (AvgIpc) is 3.87. The minimum Gasteiger partial charge on any atom is -0.390 e. The number of aliphatic imine (C=N–C) groups is 1. The van der Waals surface area contributed by atoms with E-state index in [4.69, 9.17) is 5.73 Å². The summed E-state index contributed by atoms with van der Waals surface area (Å²) in [7, 11) is 0. The molecule has 3 N–H and O–H groups in total. The number of pyridine rings is 1. The van der Waals surface area contributed by atoms with Crippen molar-refractivity contribution in [1.29, 1.82) is 5.26 Å².